The highest BCUT2D eigenvalue weighted by molar-refractivity contribution is 5.79. The zero-order valence-electron chi connectivity index (χ0n) is 10.4. The highest BCUT2D eigenvalue weighted by Gasteiger charge is 1.93. The smallest absolute Gasteiger partial charge is 0.0709 e. The molecule has 0 fully saturated rings. The summed E-state index contributed by atoms with van der Waals surface area (Å²) in [6.07, 6.45) is 9.38. The van der Waals surface area contributed by atoms with Crippen LogP contribution in [-0.2, 0) is 0 Å². The summed E-state index contributed by atoms with van der Waals surface area (Å²) >= 11 is 0. The molecule has 1 aromatic heterocycles. The Kier molecular flexibility index (Phi) is 4.31. The Morgan fingerprint density at radius 1 is 1.06 bits per heavy atom. The van der Waals surface area contributed by atoms with Gasteiger partial charge in [-0.05, 0) is 31.1 Å². The molecule has 0 unspecified atom stereocenters. The molecule has 0 aliphatic carbocycles. The Bertz CT molecular complexity index is 500. The molecule has 0 saturated carbocycles. The van der Waals surface area contributed by atoms with Gasteiger partial charge < -0.3 is 0 Å². The molecule has 2 rings (SSSR count). The molecule has 2 aromatic rings. The Morgan fingerprint density at radius 2 is 1.94 bits per heavy atom. The van der Waals surface area contributed by atoms with E-state index in [-0.39, 0.29) is 0 Å². The molecule has 1 aromatic carbocycles. The fourth-order valence-corrected chi connectivity index (χ4v) is 1.89. The van der Waals surface area contributed by atoms with Crippen LogP contribution in [0.4, 0.5) is 0 Å². The summed E-state index contributed by atoms with van der Waals surface area (Å²) in [6, 6.07) is 12.4. The Balaban J connectivity index is 2.04. The first-order valence-electron chi connectivity index (χ1n) is 6.42. The van der Waals surface area contributed by atoms with Gasteiger partial charge >= 0.3 is 0 Å². The largest absolute Gasteiger partial charge is 0.248 e. The average molecular weight is 225 g/mol. The van der Waals surface area contributed by atoms with Crippen molar-refractivity contribution in [3.8, 4) is 0 Å². The third-order valence-electron chi connectivity index (χ3n) is 2.88. The lowest BCUT2D eigenvalue weighted by Crippen LogP contribution is -1.82. The maximum absolute atomic E-state index is 4.61. The van der Waals surface area contributed by atoms with Crippen LogP contribution in [0.1, 0.15) is 38.3 Å². The number of nitrogens with zero attached hydrogens (tertiary/aromatic N) is 1. The van der Waals surface area contributed by atoms with Gasteiger partial charge in [0.1, 0.15) is 0 Å². The molecule has 0 spiro atoms. The second-order valence-electron chi connectivity index (χ2n) is 4.33. The predicted molar refractivity (Wildman–Crippen MR) is 74.9 cm³/mol. The van der Waals surface area contributed by atoms with E-state index in [1.807, 2.05) is 12.1 Å². The Hall–Kier alpha value is -1.63. The van der Waals surface area contributed by atoms with E-state index in [1.54, 1.807) is 0 Å². The predicted octanol–water partition coefficient (Wildman–Crippen LogP) is 4.83. The minimum Gasteiger partial charge on any atom is -0.248 e. The van der Waals surface area contributed by atoms with E-state index in [2.05, 4.69) is 48.3 Å². The van der Waals surface area contributed by atoms with Crippen LogP contribution in [0, 0.1) is 0 Å². The van der Waals surface area contributed by atoms with Crippen LogP contribution in [0.15, 0.2) is 42.5 Å². The topological polar surface area (TPSA) is 12.9 Å². The second-order valence-corrected chi connectivity index (χ2v) is 4.33. The SMILES string of the molecule is CCCCC/C=C/c1ccc2ccccc2n1. The number of unbranched alkanes of at least 4 members (excludes halogenated alkanes) is 3. The van der Waals surface area contributed by atoms with Gasteiger partial charge in [-0.15, -0.1) is 0 Å². The Labute approximate surface area is 103 Å². The fraction of sp³-hybridized carbons (Fsp3) is 0.312. The molecule has 1 nitrogen and oxygen atoms in total. The van der Waals surface area contributed by atoms with Crippen molar-refractivity contribution in [1.29, 1.82) is 0 Å². The summed E-state index contributed by atoms with van der Waals surface area (Å²) in [4.78, 5) is 4.61. The van der Waals surface area contributed by atoms with Crippen LogP contribution in [0.2, 0.25) is 0 Å². The van der Waals surface area contributed by atoms with Gasteiger partial charge in [0, 0.05) is 5.39 Å². The minimum atomic E-state index is 1.06. The number of hydrogen-bond donors (Lipinski definition) is 0. The van der Waals surface area contributed by atoms with Crippen molar-refractivity contribution in [2.45, 2.75) is 32.6 Å². The number of fused-ring (bicyclic) bond motifs is 1. The molecule has 1 heterocycles. The van der Waals surface area contributed by atoms with Crippen LogP contribution in [0.5, 0.6) is 0 Å². The maximum atomic E-state index is 4.61. The number of para-hydroxylation sites is 1. The lowest BCUT2D eigenvalue weighted by Gasteiger charge is -1.98. The van der Waals surface area contributed by atoms with E-state index in [9.17, 15) is 0 Å². The molecular weight excluding hydrogens is 206 g/mol. The molecule has 0 N–H and O–H groups in total. The molecule has 0 bridgehead atoms. The van der Waals surface area contributed by atoms with Gasteiger partial charge in [-0.2, -0.15) is 0 Å². The average Bonchev–Trinajstić information content (AvgIpc) is 2.38. The highest BCUT2D eigenvalue weighted by atomic mass is 14.7. The molecule has 0 aliphatic rings. The Morgan fingerprint density at radius 3 is 2.82 bits per heavy atom. The van der Waals surface area contributed by atoms with Crippen LogP contribution >= 0.6 is 0 Å². The first-order valence-corrected chi connectivity index (χ1v) is 6.42. The highest BCUT2D eigenvalue weighted by Crippen LogP contribution is 2.13. The number of aromatic nitrogens is 1. The number of hydrogen-bond acceptors (Lipinski definition) is 1. The van der Waals surface area contributed by atoms with Crippen molar-refractivity contribution in [2.24, 2.45) is 0 Å². The zero-order chi connectivity index (χ0) is 11.9. The van der Waals surface area contributed by atoms with Crippen molar-refractivity contribution in [1.82, 2.24) is 4.98 Å². The molecule has 0 radical (unpaired) electrons. The first-order chi connectivity index (χ1) is 8.40. The van der Waals surface area contributed by atoms with Gasteiger partial charge in [0.25, 0.3) is 0 Å². The van der Waals surface area contributed by atoms with Crippen molar-refractivity contribution >= 4 is 17.0 Å². The zero-order valence-corrected chi connectivity index (χ0v) is 10.4. The minimum absolute atomic E-state index is 1.06. The fourth-order valence-electron chi connectivity index (χ4n) is 1.89. The van der Waals surface area contributed by atoms with Gasteiger partial charge in [0.2, 0.25) is 0 Å². The van der Waals surface area contributed by atoms with E-state index in [4.69, 9.17) is 0 Å². The summed E-state index contributed by atoms with van der Waals surface area (Å²) in [5.74, 6) is 0. The monoisotopic (exact) mass is 225 g/mol. The summed E-state index contributed by atoms with van der Waals surface area (Å²) in [5.41, 5.74) is 2.13. The molecule has 0 atom stereocenters. The quantitative estimate of drug-likeness (QED) is 0.664. The van der Waals surface area contributed by atoms with Gasteiger partial charge in [-0.1, -0.05) is 50.1 Å². The summed E-state index contributed by atoms with van der Waals surface area (Å²) in [7, 11) is 0. The van der Waals surface area contributed by atoms with E-state index < -0.39 is 0 Å². The van der Waals surface area contributed by atoms with Crippen molar-refractivity contribution < 1.29 is 0 Å². The molecule has 1 heteroatoms. The third kappa shape index (κ3) is 3.42. The summed E-state index contributed by atoms with van der Waals surface area (Å²) in [5, 5.41) is 1.20. The molecule has 0 saturated heterocycles. The van der Waals surface area contributed by atoms with Crippen LogP contribution in [-0.4, -0.2) is 4.98 Å². The molecule has 0 amide bonds. The lowest BCUT2D eigenvalue weighted by atomic mass is 10.1. The lowest BCUT2D eigenvalue weighted by molar-refractivity contribution is 0.730. The third-order valence-corrected chi connectivity index (χ3v) is 2.88. The molecular formula is C16H19N. The maximum Gasteiger partial charge on any atom is 0.0709 e. The summed E-state index contributed by atoms with van der Waals surface area (Å²) < 4.78 is 0. The van der Waals surface area contributed by atoms with Crippen LogP contribution in [0.3, 0.4) is 0 Å². The van der Waals surface area contributed by atoms with E-state index in [0.29, 0.717) is 0 Å². The molecule has 17 heavy (non-hydrogen) atoms. The standard InChI is InChI=1S/C16H19N/c1-2-3-4-5-6-10-15-13-12-14-9-7-8-11-16(14)17-15/h6-13H,2-5H2,1H3/b10-6+. The van der Waals surface area contributed by atoms with E-state index in [1.165, 1.54) is 24.6 Å². The number of benzene rings is 1. The van der Waals surface area contributed by atoms with Gasteiger partial charge in [0.05, 0.1) is 11.2 Å². The second kappa shape index (κ2) is 6.19. The number of pyridine rings is 1. The van der Waals surface area contributed by atoms with Crippen molar-refractivity contribution in [3.05, 3.63) is 48.2 Å². The van der Waals surface area contributed by atoms with Gasteiger partial charge in [-0.3, -0.25) is 0 Å². The van der Waals surface area contributed by atoms with Crippen LogP contribution in [0.25, 0.3) is 17.0 Å². The van der Waals surface area contributed by atoms with E-state index >= 15 is 0 Å². The first kappa shape index (κ1) is 11.8. The molecule has 88 valence electrons. The summed E-state index contributed by atoms with van der Waals surface area (Å²) in [6.45, 7) is 2.23. The number of allylic oxidation sites excluding steroid dienone is 1. The number of rotatable bonds is 5. The van der Waals surface area contributed by atoms with Crippen molar-refractivity contribution in [3.63, 3.8) is 0 Å². The normalized spacial score (nSPS) is 11.4. The van der Waals surface area contributed by atoms with Crippen LogP contribution < -0.4 is 0 Å². The van der Waals surface area contributed by atoms with Crippen molar-refractivity contribution in [2.75, 3.05) is 0 Å². The molecule has 0 aliphatic heterocycles. The van der Waals surface area contributed by atoms with Gasteiger partial charge in [-0.25, -0.2) is 4.98 Å². The van der Waals surface area contributed by atoms with Gasteiger partial charge in [0.15, 0.2) is 0 Å². The van der Waals surface area contributed by atoms with E-state index in [0.717, 1.165) is 17.6 Å².